The molecule has 0 saturated heterocycles. The average Bonchev–Trinajstić information content (AvgIpc) is 2.74. The lowest BCUT2D eigenvalue weighted by atomic mass is 9.92. The summed E-state index contributed by atoms with van der Waals surface area (Å²) in [4.78, 5) is 0. The summed E-state index contributed by atoms with van der Waals surface area (Å²) in [6.07, 6.45) is 15.9. The number of aromatic nitrogens is 1. The van der Waals surface area contributed by atoms with Crippen molar-refractivity contribution in [2.75, 3.05) is 0 Å². The van der Waals surface area contributed by atoms with E-state index in [1.165, 1.54) is 69.8 Å². The maximum Gasteiger partial charge on any atom is 0.0333 e. The van der Waals surface area contributed by atoms with Gasteiger partial charge in [0.05, 0.1) is 0 Å². The third kappa shape index (κ3) is 2.35. The third-order valence-electron chi connectivity index (χ3n) is 4.86. The van der Waals surface area contributed by atoms with E-state index in [4.69, 9.17) is 5.73 Å². The first-order chi connectivity index (χ1) is 8.86. The molecule has 0 radical (unpaired) electrons. The largest absolute Gasteiger partial charge is 0.348 e. The molecule has 2 heteroatoms. The molecule has 0 amide bonds. The minimum atomic E-state index is 0.295. The number of hydrogen-bond donors (Lipinski definition) is 1. The summed E-state index contributed by atoms with van der Waals surface area (Å²) >= 11 is 0. The van der Waals surface area contributed by atoms with Crippen LogP contribution in [-0.2, 0) is 6.42 Å². The summed E-state index contributed by atoms with van der Waals surface area (Å²) in [6, 6.07) is 3.33. The van der Waals surface area contributed by atoms with Crippen LogP contribution >= 0.6 is 0 Å². The van der Waals surface area contributed by atoms with E-state index < -0.39 is 0 Å². The van der Waals surface area contributed by atoms with E-state index in [0.717, 1.165) is 6.04 Å². The van der Waals surface area contributed by atoms with Gasteiger partial charge in [-0.25, -0.2) is 0 Å². The highest BCUT2D eigenvalue weighted by Gasteiger charge is 2.23. The second kappa shape index (κ2) is 5.48. The third-order valence-corrected chi connectivity index (χ3v) is 4.86. The van der Waals surface area contributed by atoms with Gasteiger partial charge in [0.25, 0.3) is 0 Å². The predicted molar refractivity (Wildman–Crippen MR) is 75.7 cm³/mol. The Morgan fingerprint density at radius 1 is 0.944 bits per heavy atom. The van der Waals surface area contributed by atoms with E-state index in [1.54, 1.807) is 5.69 Å². The summed E-state index contributed by atoms with van der Waals surface area (Å²) in [5, 5.41) is 0. The first-order valence-corrected chi connectivity index (χ1v) is 7.81. The van der Waals surface area contributed by atoms with Crippen molar-refractivity contribution in [1.82, 2.24) is 4.57 Å². The van der Waals surface area contributed by atoms with Gasteiger partial charge in [0.15, 0.2) is 0 Å². The Bertz CT molecular complexity index is 386. The maximum absolute atomic E-state index is 6.23. The van der Waals surface area contributed by atoms with Crippen molar-refractivity contribution in [1.29, 1.82) is 0 Å². The van der Waals surface area contributed by atoms with Crippen molar-refractivity contribution in [3.05, 3.63) is 23.5 Å². The van der Waals surface area contributed by atoms with E-state index in [2.05, 4.69) is 16.8 Å². The highest BCUT2D eigenvalue weighted by atomic mass is 15.0. The average molecular weight is 246 g/mol. The fourth-order valence-corrected chi connectivity index (χ4v) is 3.81. The van der Waals surface area contributed by atoms with Crippen molar-refractivity contribution < 1.29 is 0 Å². The quantitative estimate of drug-likeness (QED) is 0.794. The summed E-state index contributed by atoms with van der Waals surface area (Å²) in [6.45, 7) is 0. The van der Waals surface area contributed by atoms with E-state index in [0.29, 0.717) is 6.04 Å². The Balaban J connectivity index is 1.82. The van der Waals surface area contributed by atoms with Crippen LogP contribution in [0.1, 0.15) is 81.1 Å². The highest BCUT2D eigenvalue weighted by Crippen LogP contribution is 2.34. The van der Waals surface area contributed by atoms with Crippen LogP contribution in [0.15, 0.2) is 12.3 Å². The van der Waals surface area contributed by atoms with Gasteiger partial charge in [0.1, 0.15) is 0 Å². The molecule has 1 saturated carbocycles. The SMILES string of the molecule is NC1CCCc2c1ccn2C1CCCCCCC1. The van der Waals surface area contributed by atoms with E-state index in [-0.39, 0.29) is 0 Å². The van der Waals surface area contributed by atoms with Gasteiger partial charge in [0, 0.05) is 24.0 Å². The molecule has 1 unspecified atom stereocenters. The molecule has 0 spiro atoms. The molecule has 2 N–H and O–H groups in total. The molecule has 2 nitrogen and oxygen atoms in total. The zero-order valence-electron chi connectivity index (χ0n) is 11.4. The molecule has 1 aromatic heterocycles. The predicted octanol–water partition coefficient (Wildman–Crippen LogP) is 4.11. The van der Waals surface area contributed by atoms with Crippen molar-refractivity contribution in [2.45, 2.75) is 76.3 Å². The number of rotatable bonds is 1. The van der Waals surface area contributed by atoms with Crippen molar-refractivity contribution >= 4 is 0 Å². The van der Waals surface area contributed by atoms with E-state index in [1.807, 2.05) is 0 Å². The van der Waals surface area contributed by atoms with Gasteiger partial charge >= 0.3 is 0 Å². The summed E-state index contributed by atoms with van der Waals surface area (Å²) < 4.78 is 2.58. The van der Waals surface area contributed by atoms with Gasteiger partial charge in [-0.05, 0) is 43.7 Å². The van der Waals surface area contributed by atoms with Gasteiger partial charge in [0.2, 0.25) is 0 Å². The minimum absolute atomic E-state index is 0.295. The Morgan fingerprint density at radius 2 is 1.67 bits per heavy atom. The second-order valence-corrected chi connectivity index (χ2v) is 6.12. The summed E-state index contributed by atoms with van der Waals surface area (Å²) in [5.74, 6) is 0. The van der Waals surface area contributed by atoms with Crippen molar-refractivity contribution in [3.63, 3.8) is 0 Å². The molecular formula is C16H26N2. The Morgan fingerprint density at radius 3 is 2.44 bits per heavy atom. The number of nitrogens with two attached hydrogens (primary N) is 1. The maximum atomic E-state index is 6.23. The number of hydrogen-bond acceptors (Lipinski definition) is 1. The van der Waals surface area contributed by atoms with E-state index in [9.17, 15) is 0 Å². The monoisotopic (exact) mass is 246 g/mol. The topological polar surface area (TPSA) is 30.9 Å². The fraction of sp³-hybridized carbons (Fsp3) is 0.750. The normalized spacial score (nSPS) is 26.4. The van der Waals surface area contributed by atoms with Gasteiger partial charge in [-0.3, -0.25) is 0 Å². The molecule has 2 aliphatic carbocycles. The molecule has 2 aliphatic rings. The highest BCUT2D eigenvalue weighted by molar-refractivity contribution is 5.28. The minimum Gasteiger partial charge on any atom is -0.348 e. The standard InChI is InChI=1S/C16H26N2/c17-15-9-6-10-16-14(15)11-12-18(16)13-7-4-2-1-3-5-8-13/h11-13,15H,1-10,17H2. The van der Waals surface area contributed by atoms with Crippen molar-refractivity contribution in [3.8, 4) is 0 Å². The molecule has 1 aromatic rings. The van der Waals surface area contributed by atoms with Crippen LogP contribution in [0.3, 0.4) is 0 Å². The van der Waals surface area contributed by atoms with Crippen LogP contribution in [0.4, 0.5) is 0 Å². The lowest BCUT2D eigenvalue weighted by molar-refractivity contribution is 0.361. The van der Waals surface area contributed by atoms with Crippen LogP contribution in [-0.4, -0.2) is 4.57 Å². The first kappa shape index (κ1) is 12.3. The lowest BCUT2D eigenvalue weighted by Crippen LogP contribution is -2.20. The number of fused-ring (bicyclic) bond motifs is 1. The van der Waals surface area contributed by atoms with Gasteiger partial charge in [-0.2, -0.15) is 0 Å². The molecule has 0 aromatic carbocycles. The lowest BCUT2D eigenvalue weighted by Gasteiger charge is -2.27. The van der Waals surface area contributed by atoms with Gasteiger partial charge in [-0.15, -0.1) is 0 Å². The molecule has 1 atom stereocenters. The zero-order chi connectivity index (χ0) is 12.4. The Hall–Kier alpha value is -0.760. The second-order valence-electron chi connectivity index (χ2n) is 6.12. The first-order valence-electron chi connectivity index (χ1n) is 7.81. The molecule has 1 heterocycles. The molecule has 18 heavy (non-hydrogen) atoms. The van der Waals surface area contributed by atoms with Gasteiger partial charge in [-0.1, -0.05) is 32.1 Å². The van der Waals surface area contributed by atoms with Crippen LogP contribution in [0.5, 0.6) is 0 Å². The van der Waals surface area contributed by atoms with E-state index >= 15 is 0 Å². The van der Waals surface area contributed by atoms with Crippen LogP contribution in [0.25, 0.3) is 0 Å². The van der Waals surface area contributed by atoms with Crippen LogP contribution in [0.2, 0.25) is 0 Å². The Labute approximate surface area is 111 Å². The molecular weight excluding hydrogens is 220 g/mol. The molecule has 0 bridgehead atoms. The smallest absolute Gasteiger partial charge is 0.0333 e. The van der Waals surface area contributed by atoms with Crippen molar-refractivity contribution in [2.24, 2.45) is 5.73 Å². The molecule has 100 valence electrons. The molecule has 0 aliphatic heterocycles. The fourth-order valence-electron chi connectivity index (χ4n) is 3.81. The van der Waals surface area contributed by atoms with Crippen LogP contribution < -0.4 is 5.73 Å². The Kier molecular flexibility index (Phi) is 3.74. The number of nitrogens with zero attached hydrogens (tertiary/aromatic N) is 1. The van der Waals surface area contributed by atoms with Crippen LogP contribution in [0, 0.1) is 0 Å². The molecule has 1 fully saturated rings. The molecule has 3 rings (SSSR count). The van der Waals surface area contributed by atoms with Gasteiger partial charge < -0.3 is 10.3 Å². The zero-order valence-corrected chi connectivity index (χ0v) is 11.4. The summed E-state index contributed by atoms with van der Waals surface area (Å²) in [7, 11) is 0. The summed E-state index contributed by atoms with van der Waals surface area (Å²) in [5.41, 5.74) is 9.22.